The second-order valence-electron chi connectivity index (χ2n) is 12.9. The zero-order valence-corrected chi connectivity index (χ0v) is 36.0. The van der Waals surface area contributed by atoms with Crippen molar-refractivity contribution in [3.63, 3.8) is 0 Å². The molecule has 0 aliphatic carbocycles. The molecular weight excluding hydrogens is 728 g/mol. The fourth-order valence-electron chi connectivity index (χ4n) is 5.25. The Morgan fingerprint density at radius 3 is 0.592 bits per heavy atom. The van der Waals surface area contributed by atoms with Gasteiger partial charge in [-0.25, -0.2) is 0 Å². The van der Waals surface area contributed by atoms with Crippen LogP contribution < -0.4 is 0 Å². The third kappa shape index (κ3) is 67.6. The number of unbranched alkanes of at least 4 members (excludes halogenated alkanes) is 27. The Hall–Kier alpha value is 0.956. The van der Waals surface area contributed by atoms with Gasteiger partial charge in [-0.2, -0.15) is 0 Å². The van der Waals surface area contributed by atoms with E-state index in [1.54, 1.807) is 0 Å². The van der Waals surface area contributed by atoms with Gasteiger partial charge in [-0.05, 0) is 19.3 Å². The standard InChI is InChI=1S/3C12H27O3P.Co/c3*1-2-3-4-5-6-7-8-9-10-11-12-15-16(13)14;/h3*16H,2-12H2,1H3,(H,13,14);. The SMILES string of the molecule is CCCCCCCCCCCCO[PH](=O)O.CCCCCCCCCCCCO[PH](=O)O.CCCCCCCCCCCCO[PH](=O)O.[Co]. The summed E-state index contributed by atoms with van der Waals surface area (Å²) in [6, 6.07) is 0. The first-order chi connectivity index (χ1) is 23.3. The maximum atomic E-state index is 10.2. The molecule has 0 aliphatic heterocycles. The molecule has 0 aromatic rings. The quantitative estimate of drug-likeness (QED) is 0.0417. The van der Waals surface area contributed by atoms with Crippen LogP contribution in [0.1, 0.15) is 213 Å². The van der Waals surface area contributed by atoms with E-state index in [1.807, 2.05) is 0 Å². The van der Waals surface area contributed by atoms with E-state index in [1.165, 1.54) is 154 Å². The third-order valence-corrected chi connectivity index (χ3v) is 9.52. The summed E-state index contributed by atoms with van der Waals surface area (Å²) in [5, 5.41) is 0. The molecule has 0 rings (SSSR count). The zero-order chi connectivity index (χ0) is 36.2. The number of hydrogen-bond acceptors (Lipinski definition) is 6. The molecule has 13 heteroatoms. The molecule has 0 aliphatic rings. The molecule has 3 unspecified atom stereocenters. The molecule has 0 saturated carbocycles. The summed E-state index contributed by atoms with van der Waals surface area (Å²) < 4.78 is 44.5. The molecule has 0 saturated heterocycles. The predicted molar refractivity (Wildman–Crippen MR) is 207 cm³/mol. The van der Waals surface area contributed by atoms with Crippen LogP contribution in [0.4, 0.5) is 0 Å². The van der Waals surface area contributed by atoms with Gasteiger partial charge in [0.2, 0.25) is 0 Å². The minimum atomic E-state index is -2.69. The van der Waals surface area contributed by atoms with Crippen LogP contribution in [0.5, 0.6) is 0 Å². The first-order valence-corrected chi connectivity index (χ1v) is 23.7. The molecule has 0 bridgehead atoms. The van der Waals surface area contributed by atoms with Gasteiger partial charge < -0.3 is 28.3 Å². The van der Waals surface area contributed by atoms with Crippen LogP contribution in [0.15, 0.2) is 0 Å². The largest absolute Gasteiger partial charge is 0.326 e. The van der Waals surface area contributed by atoms with Crippen molar-refractivity contribution >= 4 is 24.8 Å². The van der Waals surface area contributed by atoms with Crippen molar-refractivity contribution < 1.29 is 58.7 Å². The Balaban J connectivity index is -0.000000307. The molecule has 1 radical (unpaired) electrons. The Morgan fingerprint density at radius 1 is 0.306 bits per heavy atom. The Labute approximate surface area is 315 Å². The zero-order valence-electron chi connectivity index (χ0n) is 32.0. The summed E-state index contributed by atoms with van der Waals surface area (Å²) in [7, 11) is -8.08. The molecule has 303 valence electrons. The number of rotatable bonds is 36. The summed E-state index contributed by atoms with van der Waals surface area (Å²) in [4.78, 5) is 25.3. The van der Waals surface area contributed by atoms with Crippen LogP contribution in [0.25, 0.3) is 0 Å². The fourth-order valence-corrected chi connectivity index (χ4v) is 6.20. The molecule has 3 N–H and O–H groups in total. The minimum Gasteiger partial charge on any atom is -0.326 e. The molecule has 0 heterocycles. The fraction of sp³-hybridized carbons (Fsp3) is 1.00. The second-order valence-corrected chi connectivity index (χ2v) is 15.4. The van der Waals surface area contributed by atoms with Crippen LogP contribution >= 0.6 is 24.8 Å². The average molecular weight is 810 g/mol. The summed E-state index contributed by atoms with van der Waals surface area (Å²) in [5.74, 6) is 0. The van der Waals surface area contributed by atoms with Gasteiger partial charge in [0, 0.05) is 16.8 Å². The maximum absolute atomic E-state index is 10.2. The molecule has 0 aromatic heterocycles. The third-order valence-electron chi connectivity index (χ3n) is 8.17. The van der Waals surface area contributed by atoms with E-state index < -0.39 is 24.8 Å². The van der Waals surface area contributed by atoms with E-state index in [2.05, 4.69) is 34.3 Å². The van der Waals surface area contributed by atoms with E-state index in [9.17, 15) is 13.7 Å². The van der Waals surface area contributed by atoms with E-state index in [0.717, 1.165) is 38.5 Å². The Bertz CT molecular complexity index is 580. The van der Waals surface area contributed by atoms with E-state index in [0.29, 0.717) is 19.8 Å². The van der Waals surface area contributed by atoms with Crippen molar-refractivity contribution in [3.05, 3.63) is 0 Å². The van der Waals surface area contributed by atoms with Crippen molar-refractivity contribution in [2.45, 2.75) is 213 Å². The minimum absolute atomic E-state index is 0. The van der Waals surface area contributed by atoms with E-state index in [-0.39, 0.29) is 16.8 Å². The molecule has 0 fully saturated rings. The average Bonchev–Trinajstić information content (AvgIpc) is 3.05. The van der Waals surface area contributed by atoms with Crippen LogP contribution in [0.2, 0.25) is 0 Å². The predicted octanol–water partition coefficient (Wildman–Crippen LogP) is 12.9. The van der Waals surface area contributed by atoms with Crippen molar-refractivity contribution in [2.24, 2.45) is 0 Å². The Morgan fingerprint density at radius 2 is 0.449 bits per heavy atom. The maximum Gasteiger partial charge on any atom is 0.316 e. The van der Waals surface area contributed by atoms with Crippen LogP contribution in [-0.2, 0) is 44.0 Å². The first-order valence-electron chi connectivity index (χ1n) is 19.9. The van der Waals surface area contributed by atoms with E-state index in [4.69, 9.17) is 14.7 Å². The van der Waals surface area contributed by atoms with Crippen LogP contribution in [0.3, 0.4) is 0 Å². The van der Waals surface area contributed by atoms with Crippen molar-refractivity contribution in [1.29, 1.82) is 0 Å². The van der Waals surface area contributed by atoms with Gasteiger partial charge in [-0.1, -0.05) is 194 Å². The smallest absolute Gasteiger partial charge is 0.316 e. The molecular formula is C36H81CoO9P3. The first kappa shape index (κ1) is 56.7. The molecule has 49 heavy (non-hydrogen) atoms. The van der Waals surface area contributed by atoms with Gasteiger partial charge in [-0.15, -0.1) is 0 Å². The van der Waals surface area contributed by atoms with Gasteiger partial charge in [-0.3, -0.25) is 13.7 Å². The molecule has 0 spiro atoms. The molecule has 0 aromatic carbocycles. The van der Waals surface area contributed by atoms with Crippen molar-refractivity contribution in [2.75, 3.05) is 19.8 Å². The van der Waals surface area contributed by atoms with Gasteiger partial charge in [0.1, 0.15) is 0 Å². The topological polar surface area (TPSA) is 140 Å². The summed E-state index contributed by atoms with van der Waals surface area (Å²) >= 11 is 0. The molecule has 9 nitrogen and oxygen atoms in total. The van der Waals surface area contributed by atoms with Crippen LogP contribution in [-0.4, -0.2) is 34.5 Å². The van der Waals surface area contributed by atoms with Gasteiger partial charge >= 0.3 is 24.8 Å². The Kier molecular flexibility index (Phi) is 61.7. The second kappa shape index (κ2) is 53.3. The summed E-state index contributed by atoms with van der Waals surface area (Å²) in [6.07, 6.45) is 38.1. The monoisotopic (exact) mass is 809 g/mol. The van der Waals surface area contributed by atoms with Crippen molar-refractivity contribution in [3.8, 4) is 0 Å². The van der Waals surface area contributed by atoms with Gasteiger partial charge in [0.05, 0.1) is 19.8 Å². The summed E-state index contributed by atoms with van der Waals surface area (Å²) in [6.45, 7) is 8.02. The van der Waals surface area contributed by atoms with Gasteiger partial charge in [0.25, 0.3) is 0 Å². The summed E-state index contributed by atoms with van der Waals surface area (Å²) in [5.41, 5.74) is 0. The van der Waals surface area contributed by atoms with Gasteiger partial charge in [0.15, 0.2) is 0 Å². The molecule has 0 amide bonds. The molecule has 3 atom stereocenters. The number of hydrogen-bond donors (Lipinski definition) is 3. The normalized spacial score (nSPS) is 12.6. The van der Waals surface area contributed by atoms with E-state index >= 15 is 0 Å². The van der Waals surface area contributed by atoms with Crippen molar-refractivity contribution in [1.82, 2.24) is 0 Å². The van der Waals surface area contributed by atoms with Crippen LogP contribution in [0, 0.1) is 0 Å².